The number of carbonyl (C=O) groups is 1. The van der Waals surface area contributed by atoms with Crippen LogP contribution in [0.5, 0.6) is 0 Å². The van der Waals surface area contributed by atoms with Crippen molar-refractivity contribution in [3.8, 4) is 11.4 Å². The van der Waals surface area contributed by atoms with E-state index in [4.69, 9.17) is 11.6 Å². The predicted molar refractivity (Wildman–Crippen MR) is 96.3 cm³/mol. The van der Waals surface area contributed by atoms with Crippen molar-refractivity contribution in [2.45, 2.75) is 13.8 Å². The molecular weight excluding hydrogens is 322 g/mol. The molecule has 0 bridgehead atoms. The Labute approximate surface area is 145 Å². The zero-order valence-corrected chi connectivity index (χ0v) is 14.1. The van der Waals surface area contributed by atoms with Gasteiger partial charge in [0.05, 0.1) is 11.3 Å². The van der Waals surface area contributed by atoms with E-state index in [9.17, 15) is 4.79 Å². The number of carbonyl (C=O) groups excluding carboxylic acids is 1. The minimum Gasteiger partial charge on any atom is -0.322 e. The van der Waals surface area contributed by atoms with Gasteiger partial charge in [-0.05, 0) is 31.5 Å². The van der Waals surface area contributed by atoms with Crippen LogP contribution in [0.25, 0.3) is 11.4 Å². The Morgan fingerprint density at radius 1 is 1.08 bits per heavy atom. The van der Waals surface area contributed by atoms with Gasteiger partial charge in [-0.2, -0.15) is 0 Å². The molecule has 3 aromatic rings. The molecule has 1 N–H and O–H groups in total. The largest absolute Gasteiger partial charge is 0.322 e. The normalized spacial score (nSPS) is 10.5. The van der Waals surface area contributed by atoms with Gasteiger partial charge >= 0.3 is 0 Å². The summed E-state index contributed by atoms with van der Waals surface area (Å²) < 4.78 is 0. The minimum absolute atomic E-state index is 0.257. The topological polar surface area (TPSA) is 54.9 Å². The molecule has 1 aromatic heterocycles. The number of nitrogens with one attached hydrogen (secondary N) is 1. The van der Waals surface area contributed by atoms with Crippen molar-refractivity contribution >= 4 is 23.2 Å². The Morgan fingerprint density at radius 3 is 2.50 bits per heavy atom. The number of anilines is 1. The number of aromatic nitrogens is 2. The number of rotatable bonds is 3. The highest BCUT2D eigenvalue weighted by Crippen LogP contribution is 2.21. The summed E-state index contributed by atoms with van der Waals surface area (Å²) in [5.74, 6) is 0.343. The van der Waals surface area contributed by atoms with Crippen molar-refractivity contribution in [3.63, 3.8) is 0 Å². The summed E-state index contributed by atoms with van der Waals surface area (Å²) in [5.41, 5.74) is 3.58. The van der Waals surface area contributed by atoms with Crippen LogP contribution >= 0.6 is 11.6 Å². The van der Waals surface area contributed by atoms with Gasteiger partial charge in [-0.25, -0.2) is 9.97 Å². The lowest BCUT2D eigenvalue weighted by molar-refractivity contribution is 0.102. The molecule has 0 saturated carbocycles. The lowest BCUT2D eigenvalue weighted by Gasteiger charge is -2.09. The first-order valence-corrected chi connectivity index (χ1v) is 7.89. The maximum atomic E-state index is 12.4. The first-order chi connectivity index (χ1) is 11.5. The Balaban J connectivity index is 1.84. The molecule has 2 aromatic carbocycles. The summed E-state index contributed by atoms with van der Waals surface area (Å²) in [6, 6.07) is 15.1. The van der Waals surface area contributed by atoms with E-state index in [2.05, 4.69) is 15.3 Å². The molecule has 3 rings (SSSR count). The van der Waals surface area contributed by atoms with E-state index < -0.39 is 0 Å². The second-order valence-electron chi connectivity index (χ2n) is 5.48. The van der Waals surface area contributed by atoms with Crippen molar-refractivity contribution in [2.75, 3.05) is 5.32 Å². The number of hydrogen-bond acceptors (Lipinski definition) is 3. The maximum absolute atomic E-state index is 12.4. The molecule has 0 spiro atoms. The summed E-state index contributed by atoms with van der Waals surface area (Å²) in [6.45, 7) is 3.71. The molecule has 4 nitrogen and oxygen atoms in total. The molecular formula is C19H16ClN3O. The summed E-state index contributed by atoms with van der Waals surface area (Å²) >= 11 is 6.09. The van der Waals surface area contributed by atoms with Crippen LogP contribution in [0.15, 0.2) is 54.7 Å². The fourth-order valence-corrected chi connectivity index (χ4v) is 2.47. The van der Waals surface area contributed by atoms with E-state index in [1.54, 1.807) is 19.2 Å². The molecule has 0 unspecified atom stereocenters. The summed E-state index contributed by atoms with van der Waals surface area (Å²) in [6.07, 6.45) is 1.55. The summed E-state index contributed by atoms with van der Waals surface area (Å²) in [7, 11) is 0. The van der Waals surface area contributed by atoms with Crippen LogP contribution < -0.4 is 5.32 Å². The standard InChI is InChI=1S/C19H16ClN3O/c1-12-8-9-15(10-17(12)20)23-19(24)16-11-21-18(22-13(16)2)14-6-4-3-5-7-14/h3-11H,1-2H3,(H,23,24). The van der Waals surface area contributed by atoms with Crippen molar-refractivity contribution in [3.05, 3.63) is 76.6 Å². The quantitative estimate of drug-likeness (QED) is 0.755. The highest BCUT2D eigenvalue weighted by molar-refractivity contribution is 6.31. The number of nitrogens with zero attached hydrogens (tertiary/aromatic N) is 2. The second kappa shape index (κ2) is 6.81. The van der Waals surface area contributed by atoms with Crippen LogP contribution in [-0.4, -0.2) is 15.9 Å². The SMILES string of the molecule is Cc1ccc(NC(=O)c2cnc(-c3ccccc3)nc2C)cc1Cl. The van der Waals surface area contributed by atoms with Crippen LogP contribution in [0.4, 0.5) is 5.69 Å². The average Bonchev–Trinajstić information content (AvgIpc) is 2.59. The van der Waals surface area contributed by atoms with Crippen LogP contribution in [-0.2, 0) is 0 Å². The smallest absolute Gasteiger partial charge is 0.259 e. The summed E-state index contributed by atoms with van der Waals surface area (Å²) in [5, 5.41) is 3.43. The molecule has 0 aliphatic rings. The first kappa shape index (κ1) is 16.1. The predicted octanol–water partition coefficient (Wildman–Crippen LogP) is 4.67. The zero-order chi connectivity index (χ0) is 17.1. The van der Waals surface area contributed by atoms with Gasteiger partial charge in [0.1, 0.15) is 0 Å². The Bertz CT molecular complexity index is 894. The highest BCUT2D eigenvalue weighted by Gasteiger charge is 2.13. The van der Waals surface area contributed by atoms with Crippen molar-refractivity contribution in [1.82, 2.24) is 9.97 Å². The molecule has 1 heterocycles. The second-order valence-corrected chi connectivity index (χ2v) is 5.88. The fourth-order valence-electron chi connectivity index (χ4n) is 2.29. The van der Waals surface area contributed by atoms with Crippen LogP contribution in [0.1, 0.15) is 21.6 Å². The van der Waals surface area contributed by atoms with Gasteiger partial charge in [0, 0.05) is 22.5 Å². The van der Waals surface area contributed by atoms with Crippen LogP contribution in [0.2, 0.25) is 5.02 Å². The van der Waals surface area contributed by atoms with Gasteiger partial charge in [0.15, 0.2) is 5.82 Å². The van der Waals surface area contributed by atoms with Gasteiger partial charge < -0.3 is 5.32 Å². The van der Waals surface area contributed by atoms with E-state index >= 15 is 0 Å². The number of halogens is 1. The monoisotopic (exact) mass is 337 g/mol. The summed E-state index contributed by atoms with van der Waals surface area (Å²) in [4.78, 5) is 21.2. The van der Waals surface area contributed by atoms with E-state index in [1.807, 2.05) is 49.4 Å². The maximum Gasteiger partial charge on any atom is 0.259 e. The molecule has 0 radical (unpaired) electrons. The fraction of sp³-hybridized carbons (Fsp3) is 0.105. The minimum atomic E-state index is -0.257. The van der Waals surface area contributed by atoms with E-state index in [-0.39, 0.29) is 5.91 Å². The van der Waals surface area contributed by atoms with E-state index in [1.165, 1.54) is 0 Å². The molecule has 120 valence electrons. The average molecular weight is 338 g/mol. The number of benzene rings is 2. The molecule has 0 atom stereocenters. The van der Waals surface area contributed by atoms with Crippen LogP contribution in [0.3, 0.4) is 0 Å². The van der Waals surface area contributed by atoms with Gasteiger partial charge in [0.2, 0.25) is 0 Å². The third-order valence-corrected chi connectivity index (χ3v) is 4.09. The van der Waals surface area contributed by atoms with Gasteiger partial charge in [-0.15, -0.1) is 0 Å². The third-order valence-electron chi connectivity index (χ3n) is 3.69. The van der Waals surface area contributed by atoms with Gasteiger partial charge in [-0.1, -0.05) is 48.0 Å². The van der Waals surface area contributed by atoms with Crippen molar-refractivity contribution in [2.24, 2.45) is 0 Å². The van der Waals surface area contributed by atoms with Crippen molar-refractivity contribution < 1.29 is 4.79 Å². The Hall–Kier alpha value is -2.72. The molecule has 5 heteroatoms. The lowest BCUT2D eigenvalue weighted by atomic mass is 10.1. The third kappa shape index (κ3) is 3.44. The Morgan fingerprint density at radius 2 is 1.83 bits per heavy atom. The number of amides is 1. The number of aryl methyl sites for hydroxylation is 2. The van der Waals surface area contributed by atoms with Crippen LogP contribution in [0, 0.1) is 13.8 Å². The van der Waals surface area contributed by atoms with Gasteiger partial charge in [-0.3, -0.25) is 4.79 Å². The molecule has 0 saturated heterocycles. The molecule has 0 fully saturated rings. The molecule has 0 aliphatic heterocycles. The van der Waals surface area contributed by atoms with Gasteiger partial charge in [0.25, 0.3) is 5.91 Å². The van der Waals surface area contributed by atoms with E-state index in [0.717, 1.165) is 11.1 Å². The lowest BCUT2D eigenvalue weighted by Crippen LogP contribution is -2.15. The van der Waals surface area contributed by atoms with Crippen molar-refractivity contribution in [1.29, 1.82) is 0 Å². The molecule has 0 aliphatic carbocycles. The molecule has 24 heavy (non-hydrogen) atoms. The highest BCUT2D eigenvalue weighted by atomic mass is 35.5. The van der Waals surface area contributed by atoms with E-state index in [0.29, 0.717) is 27.8 Å². The number of hydrogen-bond donors (Lipinski definition) is 1. The molecule has 1 amide bonds. The Kier molecular flexibility index (Phi) is 4.58. The first-order valence-electron chi connectivity index (χ1n) is 7.51. The zero-order valence-electron chi connectivity index (χ0n) is 13.4.